The minimum atomic E-state index is 0.0885. The number of aliphatic hydroxyl groups excluding tert-OH is 1. The highest BCUT2D eigenvalue weighted by molar-refractivity contribution is 5.79. The maximum atomic E-state index is 12.4. The molecule has 0 aliphatic heterocycles. The standard InChI is InChI=1S/C16H24N2O2/c1-13-3-5-14(6-4-13)11-18(15-7-8-15)16(20)12-17(2)9-10-19/h3-6,15,19H,7-12H2,1-2H3. The van der Waals surface area contributed by atoms with Gasteiger partial charge in [-0.3, -0.25) is 9.69 Å². The molecule has 0 spiro atoms. The van der Waals surface area contributed by atoms with Crippen molar-refractivity contribution in [2.24, 2.45) is 0 Å². The van der Waals surface area contributed by atoms with Gasteiger partial charge in [-0.25, -0.2) is 0 Å². The molecule has 1 fully saturated rings. The molecule has 1 aliphatic rings. The summed E-state index contributed by atoms with van der Waals surface area (Å²) < 4.78 is 0. The third-order valence-electron chi connectivity index (χ3n) is 3.67. The number of carbonyl (C=O) groups is 1. The first kappa shape index (κ1) is 15.0. The van der Waals surface area contributed by atoms with E-state index in [9.17, 15) is 4.79 Å². The maximum absolute atomic E-state index is 12.4. The van der Waals surface area contributed by atoms with E-state index in [1.165, 1.54) is 11.1 Å². The summed E-state index contributed by atoms with van der Waals surface area (Å²) in [6.07, 6.45) is 2.22. The second kappa shape index (κ2) is 6.86. The van der Waals surface area contributed by atoms with Gasteiger partial charge in [-0.05, 0) is 32.4 Å². The molecule has 0 radical (unpaired) electrons. The zero-order valence-corrected chi connectivity index (χ0v) is 12.4. The molecular formula is C16H24N2O2. The van der Waals surface area contributed by atoms with E-state index in [2.05, 4.69) is 31.2 Å². The molecule has 1 aliphatic carbocycles. The van der Waals surface area contributed by atoms with Crippen molar-refractivity contribution in [1.29, 1.82) is 0 Å². The average molecular weight is 276 g/mol. The van der Waals surface area contributed by atoms with Crippen LogP contribution in [0.4, 0.5) is 0 Å². The first-order valence-electron chi connectivity index (χ1n) is 7.24. The second-order valence-corrected chi connectivity index (χ2v) is 5.70. The molecule has 0 saturated heterocycles. The highest BCUT2D eigenvalue weighted by Gasteiger charge is 2.32. The van der Waals surface area contributed by atoms with Gasteiger partial charge in [0.15, 0.2) is 0 Å². The van der Waals surface area contributed by atoms with E-state index < -0.39 is 0 Å². The van der Waals surface area contributed by atoms with Crippen molar-refractivity contribution < 1.29 is 9.90 Å². The van der Waals surface area contributed by atoms with E-state index in [0.29, 0.717) is 25.7 Å². The predicted octanol–water partition coefficient (Wildman–Crippen LogP) is 1.41. The largest absolute Gasteiger partial charge is 0.395 e. The molecule has 0 aromatic heterocycles. The van der Waals surface area contributed by atoms with Crippen LogP contribution in [0.5, 0.6) is 0 Å². The molecule has 4 heteroatoms. The molecule has 1 aromatic carbocycles. The number of benzene rings is 1. The summed E-state index contributed by atoms with van der Waals surface area (Å²) in [4.78, 5) is 16.2. The fourth-order valence-electron chi connectivity index (χ4n) is 2.27. The van der Waals surface area contributed by atoms with Gasteiger partial charge in [0.1, 0.15) is 0 Å². The van der Waals surface area contributed by atoms with E-state index >= 15 is 0 Å². The van der Waals surface area contributed by atoms with Crippen LogP contribution in [0, 0.1) is 6.92 Å². The summed E-state index contributed by atoms with van der Waals surface area (Å²) in [5.41, 5.74) is 2.42. The number of rotatable bonds is 7. The zero-order chi connectivity index (χ0) is 14.5. The van der Waals surface area contributed by atoms with Gasteiger partial charge < -0.3 is 10.0 Å². The molecule has 1 saturated carbocycles. The Hall–Kier alpha value is -1.39. The average Bonchev–Trinajstić information content (AvgIpc) is 3.22. The highest BCUT2D eigenvalue weighted by Crippen LogP contribution is 2.28. The topological polar surface area (TPSA) is 43.8 Å². The minimum Gasteiger partial charge on any atom is -0.395 e. The molecule has 1 N–H and O–H groups in total. The zero-order valence-electron chi connectivity index (χ0n) is 12.4. The third kappa shape index (κ3) is 4.32. The van der Waals surface area contributed by atoms with Crippen molar-refractivity contribution in [1.82, 2.24) is 9.80 Å². The molecule has 4 nitrogen and oxygen atoms in total. The minimum absolute atomic E-state index is 0.0885. The molecule has 2 rings (SSSR count). The van der Waals surface area contributed by atoms with Crippen molar-refractivity contribution >= 4 is 5.91 Å². The van der Waals surface area contributed by atoms with Gasteiger partial charge in [0.2, 0.25) is 5.91 Å². The first-order valence-corrected chi connectivity index (χ1v) is 7.24. The monoisotopic (exact) mass is 276 g/mol. The number of amides is 1. The molecular weight excluding hydrogens is 252 g/mol. The van der Waals surface area contributed by atoms with E-state index in [-0.39, 0.29) is 12.5 Å². The lowest BCUT2D eigenvalue weighted by atomic mass is 10.1. The number of hydrogen-bond donors (Lipinski definition) is 1. The summed E-state index contributed by atoms with van der Waals surface area (Å²) in [5.74, 6) is 0.157. The normalized spacial score (nSPS) is 14.6. The lowest BCUT2D eigenvalue weighted by Gasteiger charge is -2.25. The number of aryl methyl sites for hydroxylation is 1. The SMILES string of the molecule is Cc1ccc(CN(C(=O)CN(C)CCO)C2CC2)cc1. The first-order chi connectivity index (χ1) is 9.60. The number of aliphatic hydroxyl groups is 1. The maximum Gasteiger partial charge on any atom is 0.237 e. The lowest BCUT2D eigenvalue weighted by molar-refractivity contribution is -0.133. The van der Waals surface area contributed by atoms with Crippen LogP contribution < -0.4 is 0 Å². The molecule has 1 amide bonds. The molecule has 20 heavy (non-hydrogen) atoms. The summed E-state index contributed by atoms with van der Waals surface area (Å²) >= 11 is 0. The van der Waals surface area contributed by atoms with E-state index in [0.717, 1.165) is 12.8 Å². The van der Waals surface area contributed by atoms with Crippen LogP contribution in [0.3, 0.4) is 0 Å². The Kier molecular flexibility index (Phi) is 5.15. The molecule has 0 bridgehead atoms. The summed E-state index contributed by atoms with van der Waals surface area (Å²) in [6, 6.07) is 8.77. The predicted molar refractivity (Wildman–Crippen MR) is 79.3 cm³/mol. The smallest absolute Gasteiger partial charge is 0.237 e. The Labute approximate surface area is 121 Å². The Balaban J connectivity index is 1.96. The van der Waals surface area contributed by atoms with Crippen molar-refractivity contribution in [3.8, 4) is 0 Å². The van der Waals surface area contributed by atoms with E-state index in [1.807, 2.05) is 16.8 Å². The Morgan fingerprint density at radius 2 is 1.95 bits per heavy atom. The van der Waals surface area contributed by atoms with E-state index in [4.69, 9.17) is 5.11 Å². The molecule has 0 atom stereocenters. The van der Waals surface area contributed by atoms with E-state index in [1.54, 1.807) is 0 Å². The number of nitrogens with zero attached hydrogens (tertiary/aromatic N) is 2. The highest BCUT2D eigenvalue weighted by atomic mass is 16.3. The van der Waals surface area contributed by atoms with Crippen LogP contribution in [-0.2, 0) is 11.3 Å². The van der Waals surface area contributed by atoms with Crippen LogP contribution in [0.1, 0.15) is 24.0 Å². The molecule has 110 valence electrons. The molecule has 1 aromatic rings. The molecule has 0 heterocycles. The molecule has 0 unspecified atom stereocenters. The van der Waals surface area contributed by atoms with Crippen molar-refractivity contribution in [3.63, 3.8) is 0 Å². The van der Waals surface area contributed by atoms with Crippen molar-refractivity contribution in [2.75, 3.05) is 26.7 Å². The van der Waals surface area contributed by atoms with Gasteiger partial charge in [0.05, 0.1) is 13.2 Å². The van der Waals surface area contributed by atoms with Gasteiger partial charge in [-0.15, -0.1) is 0 Å². The van der Waals surface area contributed by atoms with Gasteiger partial charge >= 0.3 is 0 Å². The lowest BCUT2D eigenvalue weighted by Crippen LogP contribution is -2.40. The Morgan fingerprint density at radius 1 is 1.30 bits per heavy atom. The van der Waals surface area contributed by atoms with Gasteiger partial charge in [0, 0.05) is 19.1 Å². The summed E-state index contributed by atoms with van der Waals surface area (Å²) in [5, 5.41) is 8.90. The number of hydrogen-bond acceptors (Lipinski definition) is 3. The summed E-state index contributed by atoms with van der Waals surface area (Å²) in [6.45, 7) is 3.76. The van der Waals surface area contributed by atoms with Crippen LogP contribution in [-0.4, -0.2) is 53.6 Å². The number of carbonyl (C=O) groups excluding carboxylic acids is 1. The van der Waals surface area contributed by atoms with Crippen LogP contribution >= 0.6 is 0 Å². The Morgan fingerprint density at radius 3 is 2.50 bits per heavy atom. The van der Waals surface area contributed by atoms with Crippen LogP contribution in [0.25, 0.3) is 0 Å². The van der Waals surface area contributed by atoms with Crippen molar-refractivity contribution in [2.45, 2.75) is 32.4 Å². The second-order valence-electron chi connectivity index (χ2n) is 5.70. The Bertz CT molecular complexity index is 440. The van der Waals surface area contributed by atoms with Crippen LogP contribution in [0.2, 0.25) is 0 Å². The van der Waals surface area contributed by atoms with Crippen molar-refractivity contribution in [3.05, 3.63) is 35.4 Å². The van der Waals surface area contributed by atoms with Gasteiger partial charge in [0.25, 0.3) is 0 Å². The van der Waals surface area contributed by atoms with Gasteiger partial charge in [-0.1, -0.05) is 29.8 Å². The summed E-state index contributed by atoms with van der Waals surface area (Å²) in [7, 11) is 1.87. The van der Waals surface area contributed by atoms with Crippen LogP contribution in [0.15, 0.2) is 24.3 Å². The van der Waals surface area contributed by atoms with Gasteiger partial charge in [-0.2, -0.15) is 0 Å². The third-order valence-corrected chi connectivity index (χ3v) is 3.67. The quantitative estimate of drug-likeness (QED) is 0.819. The fourth-order valence-corrected chi connectivity index (χ4v) is 2.27. The number of likely N-dealkylation sites (N-methyl/N-ethyl adjacent to an activating group) is 1. The fraction of sp³-hybridized carbons (Fsp3) is 0.562.